The zero-order chi connectivity index (χ0) is 21.4. The third-order valence-corrected chi connectivity index (χ3v) is 6.11. The summed E-state index contributed by atoms with van der Waals surface area (Å²) in [5.74, 6) is 1.35. The fraction of sp³-hybridized carbons (Fsp3) is 0.261. The summed E-state index contributed by atoms with van der Waals surface area (Å²) in [6.45, 7) is 3.35. The molecule has 7 nitrogen and oxygen atoms in total. The summed E-state index contributed by atoms with van der Waals surface area (Å²) >= 11 is 1.67. The number of pyridine rings is 1. The molecule has 31 heavy (non-hydrogen) atoms. The lowest BCUT2D eigenvalue weighted by Crippen LogP contribution is -2.41. The highest BCUT2D eigenvalue weighted by atomic mass is 32.1. The summed E-state index contributed by atoms with van der Waals surface area (Å²) in [4.78, 5) is 20.8. The number of likely N-dealkylation sites (N-methyl/N-ethyl adjacent to an activating group) is 1. The van der Waals surface area contributed by atoms with Gasteiger partial charge < -0.3 is 14.4 Å². The Morgan fingerprint density at radius 1 is 1.26 bits per heavy atom. The lowest BCUT2D eigenvalue weighted by molar-refractivity contribution is 0.0522. The van der Waals surface area contributed by atoms with Crippen molar-refractivity contribution in [3.05, 3.63) is 70.2 Å². The molecule has 0 saturated carbocycles. The molecule has 0 spiro atoms. The molecule has 1 aliphatic heterocycles. The van der Waals surface area contributed by atoms with Crippen molar-refractivity contribution in [1.29, 1.82) is 0 Å². The molecule has 1 aliphatic rings. The van der Waals surface area contributed by atoms with Gasteiger partial charge in [-0.15, -0.1) is 11.3 Å². The highest BCUT2D eigenvalue weighted by Crippen LogP contribution is 2.31. The number of aryl methyl sites for hydroxylation is 1. The van der Waals surface area contributed by atoms with Crippen LogP contribution in [0.25, 0.3) is 11.0 Å². The van der Waals surface area contributed by atoms with Crippen molar-refractivity contribution < 1.29 is 14.3 Å². The molecule has 1 atom stereocenters. The molecule has 0 unspecified atom stereocenters. The normalized spacial score (nSPS) is 15.2. The number of nitrogens with zero attached hydrogens (tertiary/aromatic N) is 4. The second-order valence-electron chi connectivity index (χ2n) is 7.61. The number of benzene rings is 1. The molecule has 158 valence electrons. The molecule has 8 heteroatoms. The minimum Gasteiger partial charge on any atom is -0.486 e. The summed E-state index contributed by atoms with van der Waals surface area (Å²) in [6.07, 6.45) is 1.50. The third-order valence-electron chi connectivity index (χ3n) is 5.25. The Morgan fingerprint density at radius 2 is 2.10 bits per heavy atom. The van der Waals surface area contributed by atoms with Crippen molar-refractivity contribution in [3.8, 4) is 11.5 Å². The van der Waals surface area contributed by atoms with Crippen LogP contribution in [0.5, 0.6) is 11.5 Å². The minimum atomic E-state index is -0.233. The van der Waals surface area contributed by atoms with E-state index in [-0.39, 0.29) is 12.0 Å². The summed E-state index contributed by atoms with van der Waals surface area (Å²) in [6, 6.07) is 13.5. The van der Waals surface area contributed by atoms with Gasteiger partial charge in [-0.2, -0.15) is 5.10 Å². The van der Waals surface area contributed by atoms with Gasteiger partial charge >= 0.3 is 0 Å². The zero-order valence-corrected chi connectivity index (χ0v) is 18.1. The van der Waals surface area contributed by atoms with Gasteiger partial charge in [0.15, 0.2) is 23.3 Å². The van der Waals surface area contributed by atoms with Crippen LogP contribution < -0.4 is 9.47 Å². The fourth-order valence-electron chi connectivity index (χ4n) is 3.76. The van der Waals surface area contributed by atoms with Gasteiger partial charge in [0.2, 0.25) is 0 Å². The van der Waals surface area contributed by atoms with Crippen molar-refractivity contribution in [1.82, 2.24) is 19.7 Å². The van der Waals surface area contributed by atoms with Gasteiger partial charge in [0, 0.05) is 17.6 Å². The van der Waals surface area contributed by atoms with Crippen LogP contribution in [-0.4, -0.2) is 51.9 Å². The van der Waals surface area contributed by atoms with E-state index in [1.807, 2.05) is 53.4 Å². The van der Waals surface area contributed by atoms with E-state index in [2.05, 4.69) is 16.1 Å². The Hall–Kier alpha value is -3.39. The van der Waals surface area contributed by atoms with E-state index in [0.29, 0.717) is 31.0 Å². The lowest BCUT2D eigenvalue weighted by Gasteiger charge is -2.29. The highest BCUT2D eigenvalue weighted by Gasteiger charge is 2.25. The lowest BCUT2D eigenvalue weighted by atomic mass is 10.1. The molecular weight excluding hydrogens is 412 g/mol. The van der Waals surface area contributed by atoms with Crippen LogP contribution in [0.3, 0.4) is 0 Å². The molecule has 4 aromatic rings. The number of thiophene rings is 1. The highest BCUT2D eigenvalue weighted by molar-refractivity contribution is 7.09. The smallest absolute Gasteiger partial charge is 0.254 e. The Morgan fingerprint density at radius 3 is 2.90 bits per heavy atom. The van der Waals surface area contributed by atoms with E-state index in [0.717, 1.165) is 22.5 Å². The van der Waals surface area contributed by atoms with Crippen LogP contribution in [0.2, 0.25) is 0 Å². The maximum Gasteiger partial charge on any atom is 0.254 e. The number of rotatable bonds is 5. The quantitative estimate of drug-likeness (QED) is 0.478. The largest absolute Gasteiger partial charge is 0.486 e. The number of fused-ring (bicyclic) bond motifs is 2. The molecule has 0 aliphatic carbocycles. The van der Waals surface area contributed by atoms with Crippen LogP contribution in [0.15, 0.2) is 54.0 Å². The number of para-hydroxylation sites is 2. The Bertz CT molecular complexity index is 1240. The number of ether oxygens (including phenoxy) is 2. The first-order valence-corrected chi connectivity index (χ1v) is 11.0. The third kappa shape index (κ3) is 3.86. The molecular formula is C23H22N4O3S. The Labute approximate surface area is 183 Å². The Balaban J connectivity index is 1.37. The number of amides is 1. The standard InChI is InChI=1S/C23H22N4O3S/c1-15-10-18(19-11-24-27(22(19)25-15)13-17-6-5-9-31-17)23(28)26(2)12-16-14-29-20-7-3-4-8-21(20)30-16/h3-11,16H,12-14H2,1-2H3/t16-/m0/s1. The second-order valence-corrected chi connectivity index (χ2v) is 8.65. The summed E-state index contributed by atoms with van der Waals surface area (Å²) in [7, 11) is 1.78. The van der Waals surface area contributed by atoms with Crippen molar-refractivity contribution in [2.45, 2.75) is 19.6 Å². The average molecular weight is 435 g/mol. The second kappa shape index (κ2) is 8.03. The molecule has 0 saturated heterocycles. The molecule has 0 bridgehead atoms. The Kier molecular flexibility index (Phi) is 5.07. The molecule has 1 aromatic carbocycles. The topological polar surface area (TPSA) is 69.5 Å². The minimum absolute atomic E-state index is 0.0892. The van der Waals surface area contributed by atoms with Gasteiger partial charge in [0.25, 0.3) is 5.91 Å². The predicted molar refractivity (Wildman–Crippen MR) is 119 cm³/mol. The van der Waals surface area contributed by atoms with Gasteiger partial charge in [-0.3, -0.25) is 4.79 Å². The molecule has 0 N–H and O–H groups in total. The van der Waals surface area contributed by atoms with E-state index >= 15 is 0 Å². The maximum atomic E-state index is 13.3. The molecule has 1 amide bonds. The summed E-state index contributed by atoms with van der Waals surface area (Å²) < 4.78 is 13.6. The molecule has 4 heterocycles. The number of aromatic nitrogens is 3. The van der Waals surface area contributed by atoms with Crippen LogP contribution in [0.4, 0.5) is 0 Å². The van der Waals surface area contributed by atoms with Gasteiger partial charge in [0.05, 0.1) is 30.2 Å². The van der Waals surface area contributed by atoms with Gasteiger partial charge in [-0.1, -0.05) is 18.2 Å². The van der Waals surface area contributed by atoms with Gasteiger partial charge in [-0.25, -0.2) is 9.67 Å². The molecule has 0 fully saturated rings. The van der Waals surface area contributed by atoms with E-state index in [1.165, 1.54) is 4.88 Å². The van der Waals surface area contributed by atoms with Gasteiger partial charge in [0.1, 0.15) is 6.61 Å². The first-order chi connectivity index (χ1) is 15.1. The first kappa shape index (κ1) is 19.6. The monoisotopic (exact) mass is 434 g/mol. The summed E-state index contributed by atoms with van der Waals surface area (Å²) in [5, 5.41) is 7.30. The maximum absolute atomic E-state index is 13.3. The van der Waals surface area contributed by atoms with Crippen molar-refractivity contribution in [2.75, 3.05) is 20.2 Å². The SMILES string of the molecule is Cc1cc(C(=O)N(C)C[C@H]2COc3ccccc3O2)c2cnn(Cc3cccs3)c2n1. The first-order valence-electron chi connectivity index (χ1n) is 10.1. The average Bonchev–Trinajstić information content (AvgIpc) is 3.43. The predicted octanol–water partition coefficient (Wildman–Crippen LogP) is 3.76. The number of carbonyl (C=O) groups excluding carboxylic acids is 1. The van der Waals surface area contributed by atoms with E-state index in [1.54, 1.807) is 29.5 Å². The molecule has 3 aromatic heterocycles. The number of hydrogen-bond acceptors (Lipinski definition) is 6. The summed E-state index contributed by atoms with van der Waals surface area (Å²) in [5.41, 5.74) is 2.10. The van der Waals surface area contributed by atoms with Crippen LogP contribution in [0, 0.1) is 6.92 Å². The fourth-order valence-corrected chi connectivity index (χ4v) is 4.45. The van der Waals surface area contributed by atoms with Crippen molar-refractivity contribution >= 4 is 28.3 Å². The number of hydrogen-bond donors (Lipinski definition) is 0. The molecule has 0 radical (unpaired) electrons. The zero-order valence-electron chi connectivity index (χ0n) is 17.3. The number of carbonyl (C=O) groups is 1. The van der Waals surface area contributed by atoms with E-state index < -0.39 is 0 Å². The van der Waals surface area contributed by atoms with Crippen LogP contribution in [-0.2, 0) is 6.54 Å². The van der Waals surface area contributed by atoms with Crippen LogP contribution in [0.1, 0.15) is 20.9 Å². The van der Waals surface area contributed by atoms with E-state index in [9.17, 15) is 4.79 Å². The van der Waals surface area contributed by atoms with E-state index in [4.69, 9.17) is 9.47 Å². The van der Waals surface area contributed by atoms with Crippen LogP contribution >= 0.6 is 11.3 Å². The molecule has 5 rings (SSSR count). The van der Waals surface area contributed by atoms with Crippen molar-refractivity contribution in [3.63, 3.8) is 0 Å². The van der Waals surface area contributed by atoms with Gasteiger partial charge in [-0.05, 0) is 36.6 Å². The van der Waals surface area contributed by atoms with Crippen molar-refractivity contribution in [2.24, 2.45) is 0 Å².